The molecule has 3 amide bonds. The highest BCUT2D eigenvalue weighted by Gasteiger charge is 2.33. The molecule has 2 heterocycles. The minimum Gasteiger partial charge on any atom is -0.480 e. The maximum Gasteiger partial charge on any atom is 0.326 e. The molecule has 1 saturated heterocycles. The van der Waals surface area contributed by atoms with Gasteiger partial charge in [0, 0.05) is 24.9 Å². The molecule has 0 aliphatic carbocycles. The monoisotopic (exact) mass is 509 g/mol. The Balaban J connectivity index is 2.08. The first-order chi connectivity index (χ1) is 17.1. The Morgan fingerprint density at radius 2 is 1.94 bits per heavy atom. The van der Waals surface area contributed by atoms with Gasteiger partial charge in [-0.15, -0.1) is 0 Å². The zero-order chi connectivity index (χ0) is 26.7. The van der Waals surface area contributed by atoms with Gasteiger partial charge < -0.3 is 47.9 Å². The summed E-state index contributed by atoms with van der Waals surface area (Å²) in [6, 6.07) is -4.28. The first-order valence-corrected chi connectivity index (χ1v) is 11.7. The Hall–Kier alpha value is -3.72. The zero-order valence-corrected chi connectivity index (χ0v) is 20.1. The number of carbonyl (C=O) groups excluding carboxylic acids is 3. The molecule has 15 heteroatoms. The molecule has 36 heavy (non-hydrogen) atoms. The summed E-state index contributed by atoms with van der Waals surface area (Å²) in [5.74, 6) is -3.38. The van der Waals surface area contributed by atoms with Crippen LogP contribution >= 0.6 is 0 Å². The number of aliphatic hydroxyl groups excluding tert-OH is 1. The van der Waals surface area contributed by atoms with Crippen molar-refractivity contribution in [2.75, 3.05) is 13.1 Å². The van der Waals surface area contributed by atoms with E-state index in [2.05, 4.69) is 36.2 Å². The maximum atomic E-state index is 13.1. The van der Waals surface area contributed by atoms with Crippen LogP contribution < -0.4 is 32.7 Å². The van der Waals surface area contributed by atoms with Crippen LogP contribution in [0.3, 0.4) is 0 Å². The smallest absolute Gasteiger partial charge is 0.326 e. The van der Waals surface area contributed by atoms with Gasteiger partial charge >= 0.3 is 5.97 Å². The van der Waals surface area contributed by atoms with E-state index in [1.807, 2.05) is 0 Å². The summed E-state index contributed by atoms with van der Waals surface area (Å²) in [5.41, 5.74) is 11.1. The van der Waals surface area contributed by atoms with Crippen molar-refractivity contribution in [3.05, 3.63) is 18.2 Å². The van der Waals surface area contributed by atoms with Gasteiger partial charge in [0.15, 0.2) is 5.96 Å². The molecule has 11 N–H and O–H groups in total. The average Bonchev–Trinajstić information content (AvgIpc) is 3.52. The van der Waals surface area contributed by atoms with Gasteiger partial charge in [0.2, 0.25) is 17.7 Å². The number of carbonyl (C=O) groups is 4. The second-order valence-electron chi connectivity index (χ2n) is 8.57. The molecule has 5 unspecified atom stereocenters. The molecular formula is C21H35N9O6. The van der Waals surface area contributed by atoms with Crippen molar-refractivity contribution in [1.29, 1.82) is 0 Å². The van der Waals surface area contributed by atoms with Crippen LogP contribution in [0.1, 0.15) is 38.3 Å². The molecule has 1 aliphatic heterocycles. The summed E-state index contributed by atoms with van der Waals surface area (Å²) >= 11 is 0. The SMILES string of the molecule is CC(O)C(NC(=O)C(CCCN=C(N)N)NC(=O)C1CCCN1)C(=O)NC(Cc1cnc[nH]1)C(=O)O. The predicted molar refractivity (Wildman–Crippen MR) is 128 cm³/mol. The van der Waals surface area contributed by atoms with Gasteiger partial charge in [0.05, 0.1) is 18.5 Å². The Kier molecular flexibility index (Phi) is 11.1. The van der Waals surface area contributed by atoms with Crippen molar-refractivity contribution < 1.29 is 29.4 Å². The van der Waals surface area contributed by atoms with Gasteiger partial charge in [-0.05, 0) is 39.2 Å². The molecule has 0 radical (unpaired) electrons. The number of H-pyrrole nitrogens is 1. The number of guanidine groups is 1. The molecule has 2 rings (SSSR count). The molecule has 1 aromatic heterocycles. The van der Waals surface area contributed by atoms with Crippen LogP contribution in [0, 0.1) is 0 Å². The summed E-state index contributed by atoms with van der Waals surface area (Å²) in [7, 11) is 0. The van der Waals surface area contributed by atoms with Crippen molar-refractivity contribution in [1.82, 2.24) is 31.2 Å². The number of aliphatic hydroxyl groups is 1. The van der Waals surface area contributed by atoms with Crippen LogP contribution in [0.15, 0.2) is 17.5 Å². The van der Waals surface area contributed by atoms with Crippen LogP contribution in [-0.2, 0) is 25.6 Å². The van der Waals surface area contributed by atoms with Crippen molar-refractivity contribution in [3.63, 3.8) is 0 Å². The van der Waals surface area contributed by atoms with Gasteiger partial charge in [-0.2, -0.15) is 0 Å². The van der Waals surface area contributed by atoms with Crippen molar-refractivity contribution >= 4 is 29.7 Å². The highest BCUT2D eigenvalue weighted by molar-refractivity contribution is 5.94. The van der Waals surface area contributed by atoms with Gasteiger partial charge in [-0.1, -0.05) is 0 Å². The van der Waals surface area contributed by atoms with Gasteiger partial charge in [-0.25, -0.2) is 9.78 Å². The number of carboxylic acid groups (broad SMARTS) is 1. The van der Waals surface area contributed by atoms with Crippen LogP contribution in [-0.4, -0.2) is 93.2 Å². The minimum absolute atomic E-state index is 0.0839. The predicted octanol–water partition coefficient (Wildman–Crippen LogP) is -3.32. The number of hydrogen-bond acceptors (Lipinski definition) is 8. The van der Waals surface area contributed by atoms with Crippen molar-refractivity contribution in [2.45, 2.75) is 69.3 Å². The Morgan fingerprint density at radius 3 is 2.50 bits per heavy atom. The number of hydrogen-bond donors (Lipinski definition) is 9. The van der Waals surface area contributed by atoms with E-state index in [9.17, 15) is 29.4 Å². The van der Waals surface area contributed by atoms with E-state index in [0.29, 0.717) is 25.1 Å². The molecule has 1 fully saturated rings. The molecule has 1 aromatic rings. The number of rotatable bonds is 14. The average molecular weight is 510 g/mol. The molecular weight excluding hydrogens is 474 g/mol. The van der Waals surface area contributed by atoms with Crippen LogP contribution in [0.5, 0.6) is 0 Å². The molecule has 0 spiro atoms. The molecule has 200 valence electrons. The first-order valence-electron chi connectivity index (χ1n) is 11.7. The lowest BCUT2D eigenvalue weighted by atomic mass is 10.1. The number of amides is 3. The van der Waals surface area contributed by atoms with E-state index in [0.717, 1.165) is 6.42 Å². The van der Waals surface area contributed by atoms with E-state index in [1.165, 1.54) is 19.4 Å². The molecule has 0 bridgehead atoms. The lowest BCUT2D eigenvalue weighted by Crippen LogP contribution is -2.60. The van der Waals surface area contributed by atoms with E-state index >= 15 is 0 Å². The number of aromatic amines is 1. The van der Waals surface area contributed by atoms with E-state index < -0.39 is 48.1 Å². The number of nitrogens with two attached hydrogens (primary N) is 2. The number of carboxylic acids is 1. The number of aromatic nitrogens is 2. The summed E-state index contributed by atoms with van der Waals surface area (Å²) in [4.78, 5) is 60.6. The Labute approximate surface area is 207 Å². The zero-order valence-electron chi connectivity index (χ0n) is 20.1. The standard InChI is InChI=1S/C21H35N9O6/c1-11(31)16(19(34)29-15(20(35)36)8-12-9-24-10-27-12)30-18(33)14(5-3-7-26-21(22)23)28-17(32)13-4-2-6-25-13/h9-11,13-16,25,31H,2-8H2,1H3,(H,24,27)(H,28,32)(H,29,34)(H,30,33)(H,35,36)(H4,22,23,26). The van der Waals surface area contributed by atoms with E-state index in [1.54, 1.807) is 0 Å². The highest BCUT2D eigenvalue weighted by Crippen LogP contribution is 2.08. The third-order valence-corrected chi connectivity index (χ3v) is 5.61. The summed E-state index contributed by atoms with van der Waals surface area (Å²) in [6.07, 6.45) is 3.32. The number of aliphatic carboxylic acids is 1. The largest absolute Gasteiger partial charge is 0.480 e. The van der Waals surface area contributed by atoms with Crippen LogP contribution in [0.25, 0.3) is 0 Å². The maximum absolute atomic E-state index is 13.1. The third-order valence-electron chi connectivity index (χ3n) is 5.61. The fraction of sp³-hybridized carbons (Fsp3) is 0.619. The lowest BCUT2D eigenvalue weighted by molar-refractivity contribution is -0.143. The minimum atomic E-state index is -1.47. The summed E-state index contributed by atoms with van der Waals surface area (Å²) in [6.45, 7) is 2.19. The lowest BCUT2D eigenvalue weighted by Gasteiger charge is -2.26. The molecule has 0 saturated carbocycles. The number of aliphatic imine (C=N–C) groups is 1. The molecule has 1 aliphatic rings. The third kappa shape index (κ3) is 9.14. The second kappa shape index (κ2) is 14.0. The summed E-state index contributed by atoms with van der Waals surface area (Å²) < 4.78 is 0. The van der Waals surface area contributed by atoms with Gasteiger partial charge in [0.25, 0.3) is 0 Å². The highest BCUT2D eigenvalue weighted by atomic mass is 16.4. The quantitative estimate of drug-likeness (QED) is 0.0685. The Bertz CT molecular complexity index is 911. The van der Waals surface area contributed by atoms with E-state index in [4.69, 9.17) is 11.5 Å². The fourth-order valence-corrected chi connectivity index (χ4v) is 3.69. The molecule has 15 nitrogen and oxygen atoms in total. The van der Waals surface area contributed by atoms with Crippen LogP contribution in [0.2, 0.25) is 0 Å². The van der Waals surface area contributed by atoms with Crippen LogP contribution in [0.4, 0.5) is 0 Å². The second-order valence-corrected chi connectivity index (χ2v) is 8.57. The normalized spacial score (nSPS) is 18.3. The van der Waals surface area contributed by atoms with Gasteiger partial charge in [0.1, 0.15) is 18.1 Å². The van der Waals surface area contributed by atoms with Gasteiger partial charge in [-0.3, -0.25) is 19.4 Å². The number of imidazole rings is 1. The first kappa shape index (κ1) is 28.5. The van der Waals surface area contributed by atoms with Crippen molar-refractivity contribution in [3.8, 4) is 0 Å². The number of nitrogens with one attached hydrogen (secondary N) is 5. The molecule has 0 aromatic carbocycles. The summed E-state index contributed by atoms with van der Waals surface area (Å²) in [5, 5.41) is 30.1. The molecule has 5 atom stereocenters. The van der Waals surface area contributed by atoms with Crippen molar-refractivity contribution in [2.24, 2.45) is 16.5 Å². The fourth-order valence-electron chi connectivity index (χ4n) is 3.69. The number of nitrogens with zero attached hydrogens (tertiary/aromatic N) is 2. The Morgan fingerprint density at radius 1 is 1.19 bits per heavy atom. The topological polar surface area (TPSA) is 250 Å². The van der Waals surface area contributed by atoms with E-state index in [-0.39, 0.29) is 31.3 Å².